The Hall–Kier alpha value is -2.71. The van der Waals surface area contributed by atoms with Crippen molar-refractivity contribution < 1.29 is 0 Å². The zero-order valence-corrected chi connectivity index (χ0v) is 13.2. The fourth-order valence-corrected chi connectivity index (χ4v) is 4.29. The average Bonchev–Trinajstić information content (AvgIpc) is 3.00. The van der Waals surface area contributed by atoms with Crippen molar-refractivity contribution >= 4 is 42.4 Å². The zero-order valence-electron chi connectivity index (χ0n) is 12.4. The highest BCUT2D eigenvalue weighted by atomic mass is 32.1. The second-order valence-electron chi connectivity index (χ2n) is 5.68. The summed E-state index contributed by atoms with van der Waals surface area (Å²) in [5.41, 5.74) is 2.20. The predicted molar refractivity (Wildman–Crippen MR) is 100 cm³/mol. The Morgan fingerprint density at radius 3 is 2.39 bits per heavy atom. The average molecular weight is 311 g/mol. The van der Waals surface area contributed by atoms with Crippen LogP contribution in [0.5, 0.6) is 0 Å². The van der Waals surface area contributed by atoms with Crippen LogP contribution in [0.3, 0.4) is 0 Å². The van der Waals surface area contributed by atoms with E-state index < -0.39 is 0 Å². The summed E-state index contributed by atoms with van der Waals surface area (Å²) in [5, 5.41) is 5.18. The molecule has 0 aliphatic carbocycles. The number of aromatic nitrogens is 1. The Labute approximate surface area is 137 Å². The minimum atomic E-state index is 1.04. The molecular formula is C21H13NS. The number of fused-ring (bicyclic) bond motifs is 5. The van der Waals surface area contributed by atoms with Gasteiger partial charge < -0.3 is 0 Å². The molecule has 0 fully saturated rings. The normalized spacial score (nSPS) is 11.5. The second kappa shape index (κ2) is 4.90. The van der Waals surface area contributed by atoms with Gasteiger partial charge in [0.15, 0.2) is 0 Å². The van der Waals surface area contributed by atoms with Gasteiger partial charge in [-0.05, 0) is 29.0 Å². The van der Waals surface area contributed by atoms with Crippen LogP contribution in [-0.2, 0) is 0 Å². The van der Waals surface area contributed by atoms with E-state index in [9.17, 15) is 0 Å². The lowest BCUT2D eigenvalue weighted by atomic mass is 10.0. The van der Waals surface area contributed by atoms with Crippen molar-refractivity contribution in [3.8, 4) is 11.3 Å². The van der Waals surface area contributed by atoms with Gasteiger partial charge in [0.25, 0.3) is 0 Å². The number of hydrogen-bond donors (Lipinski definition) is 0. The highest BCUT2D eigenvalue weighted by Crippen LogP contribution is 2.38. The van der Waals surface area contributed by atoms with Crippen LogP contribution >= 0.6 is 11.3 Å². The largest absolute Gasteiger partial charge is 0.237 e. The number of benzene rings is 3. The third kappa shape index (κ3) is 1.96. The molecule has 2 heterocycles. The van der Waals surface area contributed by atoms with Gasteiger partial charge in [0, 0.05) is 21.0 Å². The number of thiophene rings is 1. The summed E-state index contributed by atoms with van der Waals surface area (Å²) in [4.78, 5) is 6.02. The Bertz CT molecular complexity index is 1160. The second-order valence-corrected chi connectivity index (χ2v) is 6.71. The van der Waals surface area contributed by atoms with Crippen molar-refractivity contribution in [1.82, 2.24) is 4.98 Å². The van der Waals surface area contributed by atoms with Crippen molar-refractivity contribution in [2.45, 2.75) is 0 Å². The van der Waals surface area contributed by atoms with E-state index in [1.54, 1.807) is 11.3 Å². The van der Waals surface area contributed by atoms with Gasteiger partial charge in [-0.3, -0.25) is 0 Å². The summed E-state index contributed by atoms with van der Waals surface area (Å²) in [6.45, 7) is 0. The van der Waals surface area contributed by atoms with Gasteiger partial charge in [-0.25, -0.2) is 4.98 Å². The molecule has 0 saturated heterocycles. The monoisotopic (exact) mass is 311 g/mol. The first-order chi connectivity index (χ1) is 11.4. The van der Waals surface area contributed by atoms with Crippen molar-refractivity contribution in [3.05, 3.63) is 78.9 Å². The number of pyridine rings is 1. The number of hydrogen-bond acceptors (Lipinski definition) is 2. The molecule has 0 aliphatic rings. The Kier molecular flexibility index (Phi) is 2.73. The third-order valence-corrected chi connectivity index (χ3v) is 5.36. The summed E-state index contributed by atoms with van der Waals surface area (Å²) < 4.78 is 1.30. The fourth-order valence-electron chi connectivity index (χ4n) is 3.20. The fraction of sp³-hybridized carbons (Fsp3) is 0. The Morgan fingerprint density at radius 2 is 1.48 bits per heavy atom. The lowest BCUT2D eigenvalue weighted by Crippen LogP contribution is -1.82. The van der Waals surface area contributed by atoms with Crippen LogP contribution in [0.2, 0.25) is 0 Å². The van der Waals surface area contributed by atoms with Gasteiger partial charge in [0.2, 0.25) is 0 Å². The summed E-state index contributed by atoms with van der Waals surface area (Å²) in [6.07, 6.45) is 0. The summed E-state index contributed by atoms with van der Waals surface area (Å²) in [5.74, 6) is 0. The van der Waals surface area contributed by atoms with Gasteiger partial charge in [-0.15, -0.1) is 11.3 Å². The maximum Gasteiger partial charge on any atom is 0.125 e. The van der Waals surface area contributed by atoms with E-state index in [0.29, 0.717) is 0 Å². The topological polar surface area (TPSA) is 12.9 Å². The van der Waals surface area contributed by atoms with Crippen LogP contribution in [0.25, 0.3) is 42.3 Å². The van der Waals surface area contributed by atoms with E-state index in [1.165, 1.54) is 26.2 Å². The summed E-state index contributed by atoms with van der Waals surface area (Å²) in [7, 11) is 0. The molecule has 0 spiro atoms. The van der Waals surface area contributed by atoms with E-state index >= 15 is 0 Å². The van der Waals surface area contributed by atoms with Crippen LogP contribution in [-0.4, -0.2) is 4.98 Å². The SMILES string of the molecule is c1ccc(-c2ccc3c(n2)sc2ccc4ccccc4c23)cc1. The third-order valence-electron chi connectivity index (χ3n) is 4.30. The molecule has 2 heteroatoms. The van der Waals surface area contributed by atoms with E-state index in [-0.39, 0.29) is 0 Å². The van der Waals surface area contributed by atoms with Crippen LogP contribution in [0.15, 0.2) is 78.9 Å². The molecule has 0 N–H and O–H groups in total. The van der Waals surface area contributed by atoms with Crippen molar-refractivity contribution in [1.29, 1.82) is 0 Å². The van der Waals surface area contributed by atoms with Gasteiger partial charge in [-0.2, -0.15) is 0 Å². The molecule has 5 rings (SSSR count). The van der Waals surface area contributed by atoms with E-state index in [2.05, 4.69) is 72.8 Å². The molecule has 0 amide bonds. The quantitative estimate of drug-likeness (QED) is 0.355. The molecule has 3 aromatic carbocycles. The van der Waals surface area contributed by atoms with Gasteiger partial charge in [-0.1, -0.05) is 60.7 Å². The molecule has 0 radical (unpaired) electrons. The van der Waals surface area contributed by atoms with Gasteiger partial charge in [0.05, 0.1) is 5.69 Å². The standard InChI is InChI=1S/C21H13NS/c1-2-7-15(8-3-1)18-12-11-17-20-16-9-5-4-6-14(16)10-13-19(20)23-21(17)22-18/h1-13H. The molecule has 0 aliphatic heterocycles. The Balaban J connectivity index is 1.85. The molecule has 0 bridgehead atoms. The first-order valence-corrected chi connectivity index (χ1v) is 8.48. The Morgan fingerprint density at radius 1 is 0.652 bits per heavy atom. The lowest BCUT2D eigenvalue weighted by Gasteiger charge is -2.02. The molecule has 1 nitrogen and oxygen atoms in total. The molecule has 23 heavy (non-hydrogen) atoms. The van der Waals surface area contributed by atoms with E-state index in [1.807, 2.05) is 6.07 Å². The molecule has 0 unspecified atom stereocenters. The molecular weight excluding hydrogens is 298 g/mol. The first kappa shape index (κ1) is 12.8. The van der Waals surface area contributed by atoms with Gasteiger partial charge in [0.1, 0.15) is 4.83 Å². The van der Waals surface area contributed by atoms with Gasteiger partial charge >= 0.3 is 0 Å². The zero-order chi connectivity index (χ0) is 15.2. The summed E-state index contributed by atoms with van der Waals surface area (Å²) >= 11 is 1.77. The number of nitrogens with zero attached hydrogens (tertiary/aromatic N) is 1. The maximum absolute atomic E-state index is 4.91. The smallest absolute Gasteiger partial charge is 0.125 e. The molecule has 2 aromatic heterocycles. The molecule has 0 saturated carbocycles. The van der Waals surface area contributed by atoms with Crippen LogP contribution in [0.4, 0.5) is 0 Å². The maximum atomic E-state index is 4.91. The number of rotatable bonds is 1. The molecule has 0 atom stereocenters. The highest BCUT2D eigenvalue weighted by molar-refractivity contribution is 7.25. The van der Waals surface area contributed by atoms with Crippen molar-refractivity contribution in [2.24, 2.45) is 0 Å². The van der Waals surface area contributed by atoms with Crippen molar-refractivity contribution in [3.63, 3.8) is 0 Å². The molecule has 108 valence electrons. The first-order valence-electron chi connectivity index (χ1n) is 7.66. The van der Waals surface area contributed by atoms with Crippen LogP contribution in [0, 0.1) is 0 Å². The van der Waals surface area contributed by atoms with E-state index in [4.69, 9.17) is 4.98 Å². The minimum absolute atomic E-state index is 1.04. The predicted octanol–water partition coefficient (Wildman–Crippen LogP) is 6.27. The van der Waals surface area contributed by atoms with E-state index in [0.717, 1.165) is 16.1 Å². The minimum Gasteiger partial charge on any atom is -0.237 e. The highest BCUT2D eigenvalue weighted by Gasteiger charge is 2.10. The summed E-state index contributed by atoms with van der Waals surface area (Å²) in [6, 6.07) is 27.7. The van der Waals surface area contributed by atoms with Crippen LogP contribution < -0.4 is 0 Å². The van der Waals surface area contributed by atoms with Crippen molar-refractivity contribution in [2.75, 3.05) is 0 Å². The lowest BCUT2D eigenvalue weighted by molar-refractivity contribution is 1.43. The van der Waals surface area contributed by atoms with Crippen LogP contribution in [0.1, 0.15) is 0 Å². The molecule has 5 aromatic rings.